The quantitative estimate of drug-likeness (QED) is 0.898. The van der Waals surface area contributed by atoms with Gasteiger partial charge >= 0.3 is 0 Å². The Labute approximate surface area is 108 Å². The maximum Gasteiger partial charge on any atom is 0.228 e. The van der Waals surface area contributed by atoms with Gasteiger partial charge in [-0.2, -0.15) is 0 Å². The summed E-state index contributed by atoms with van der Waals surface area (Å²) in [5.74, 6) is -0.463. The molecule has 18 heavy (non-hydrogen) atoms. The molecule has 3 nitrogen and oxygen atoms in total. The van der Waals surface area contributed by atoms with Crippen molar-refractivity contribution in [3.63, 3.8) is 0 Å². The zero-order valence-electron chi connectivity index (χ0n) is 11.4. The highest BCUT2D eigenvalue weighted by Gasteiger charge is 2.25. The number of amides is 1. The summed E-state index contributed by atoms with van der Waals surface area (Å²) in [6.07, 6.45) is 0.247. The lowest BCUT2D eigenvalue weighted by Gasteiger charge is -2.28. The summed E-state index contributed by atoms with van der Waals surface area (Å²) in [7, 11) is 1.63. The molecule has 4 heteroatoms. The smallest absolute Gasteiger partial charge is 0.228 e. The van der Waals surface area contributed by atoms with Crippen LogP contribution < -0.4 is 10.6 Å². The van der Waals surface area contributed by atoms with E-state index in [-0.39, 0.29) is 29.6 Å². The molecular formula is C14H21FN2O. The highest BCUT2D eigenvalue weighted by atomic mass is 19.1. The highest BCUT2D eigenvalue weighted by Crippen LogP contribution is 2.22. The fourth-order valence-electron chi connectivity index (χ4n) is 1.46. The van der Waals surface area contributed by atoms with Crippen LogP contribution in [0.4, 0.5) is 10.1 Å². The van der Waals surface area contributed by atoms with Gasteiger partial charge in [0.05, 0.1) is 0 Å². The van der Waals surface area contributed by atoms with Gasteiger partial charge in [-0.25, -0.2) is 4.39 Å². The number of hydrogen-bond donors (Lipinski definition) is 1. The molecule has 0 heterocycles. The minimum Gasteiger partial charge on any atom is -0.327 e. The van der Waals surface area contributed by atoms with E-state index in [9.17, 15) is 9.18 Å². The van der Waals surface area contributed by atoms with Gasteiger partial charge in [-0.15, -0.1) is 0 Å². The van der Waals surface area contributed by atoms with Crippen LogP contribution >= 0.6 is 0 Å². The summed E-state index contributed by atoms with van der Waals surface area (Å²) >= 11 is 0. The van der Waals surface area contributed by atoms with Gasteiger partial charge in [0.1, 0.15) is 5.82 Å². The maximum absolute atomic E-state index is 13.1. The normalized spacial score (nSPS) is 13.2. The first kappa shape index (κ1) is 14.6. The van der Waals surface area contributed by atoms with E-state index >= 15 is 0 Å². The molecule has 0 aliphatic rings. The van der Waals surface area contributed by atoms with Crippen molar-refractivity contribution >= 4 is 11.6 Å². The SMILES string of the molecule is CN(C(=O)CC(N)C(C)(C)C)c1cccc(F)c1. The number of carbonyl (C=O) groups is 1. The van der Waals surface area contributed by atoms with Crippen LogP contribution in [0, 0.1) is 11.2 Å². The van der Waals surface area contributed by atoms with Gasteiger partial charge < -0.3 is 10.6 Å². The van der Waals surface area contributed by atoms with Gasteiger partial charge in [0.25, 0.3) is 0 Å². The molecule has 1 amide bonds. The van der Waals surface area contributed by atoms with Crippen molar-refractivity contribution in [2.45, 2.75) is 33.2 Å². The number of anilines is 1. The van der Waals surface area contributed by atoms with Crippen LogP contribution in [0.1, 0.15) is 27.2 Å². The lowest BCUT2D eigenvalue weighted by atomic mass is 9.85. The number of benzene rings is 1. The second-order valence-electron chi connectivity index (χ2n) is 5.61. The van der Waals surface area contributed by atoms with Gasteiger partial charge in [0.2, 0.25) is 5.91 Å². The number of nitrogens with two attached hydrogens (primary N) is 1. The molecule has 1 aromatic carbocycles. The van der Waals surface area contributed by atoms with E-state index in [0.717, 1.165) is 0 Å². The standard InChI is InChI=1S/C14H21FN2O/c1-14(2,3)12(16)9-13(18)17(4)11-7-5-6-10(15)8-11/h5-8,12H,9,16H2,1-4H3. The first-order chi connectivity index (χ1) is 8.21. The van der Waals surface area contributed by atoms with Crippen molar-refractivity contribution in [1.29, 1.82) is 0 Å². The van der Waals surface area contributed by atoms with Crippen LogP contribution in [-0.2, 0) is 4.79 Å². The number of rotatable bonds is 3. The molecule has 1 unspecified atom stereocenters. The largest absolute Gasteiger partial charge is 0.327 e. The Morgan fingerprint density at radius 3 is 2.56 bits per heavy atom. The number of halogens is 1. The summed E-state index contributed by atoms with van der Waals surface area (Å²) in [5, 5.41) is 0. The van der Waals surface area contributed by atoms with Crippen molar-refractivity contribution < 1.29 is 9.18 Å². The second-order valence-corrected chi connectivity index (χ2v) is 5.61. The maximum atomic E-state index is 13.1. The predicted octanol–water partition coefficient (Wildman–Crippen LogP) is 2.55. The van der Waals surface area contributed by atoms with Crippen LogP contribution in [0.2, 0.25) is 0 Å². The zero-order chi connectivity index (χ0) is 13.9. The molecule has 1 rings (SSSR count). The van der Waals surface area contributed by atoms with Crippen molar-refractivity contribution in [3.05, 3.63) is 30.1 Å². The van der Waals surface area contributed by atoms with Crippen LogP contribution in [0.15, 0.2) is 24.3 Å². The molecule has 100 valence electrons. The lowest BCUT2D eigenvalue weighted by Crippen LogP contribution is -2.40. The molecule has 0 aromatic heterocycles. The summed E-state index contributed by atoms with van der Waals surface area (Å²) in [5.41, 5.74) is 6.39. The second kappa shape index (κ2) is 5.48. The molecule has 0 fully saturated rings. The Hall–Kier alpha value is -1.42. The van der Waals surface area contributed by atoms with Crippen LogP contribution in [0.25, 0.3) is 0 Å². The topological polar surface area (TPSA) is 46.3 Å². The van der Waals surface area contributed by atoms with E-state index in [4.69, 9.17) is 5.73 Å². The Bertz CT molecular complexity index is 426. The molecular weight excluding hydrogens is 231 g/mol. The molecule has 0 aliphatic carbocycles. The Morgan fingerprint density at radius 1 is 1.44 bits per heavy atom. The third-order valence-electron chi connectivity index (χ3n) is 3.08. The summed E-state index contributed by atoms with van der Waals surface area (Å²) < 4.78 is 13.1. The Kier molecular flexibility index (Phi) is 4.46. The molecule has 0 radical (unpaired) electrons. The molecule has 0 saturated carbocycles. The van der Waals surface area contributed by atoms with E-state index in [0.29, 0.717) is 5.69 Å². The first-order valence-electron chi connectivity index (χ1n) is 5.99. The summed E-state index contributed by atoms with van der Waals surface area (Å²) in [6.45, 7) is 5.98. The summed E-state index contributed by atoms with van der Waals surface area (Å²) in [6, 6.07) is 5.74. The van der Waals surface area contributed by atoms with E-state index in [1.54, 1.807) is 19.2 Å². The number of nitrogens with zero attached hydrogens (tertiary/aromatic N) is 1. The number of carbonyl (C=O) groups excluding carboxylic acids is 1. The molecule has 0 spiro atoms. The van der Waals surface area contributed by atoms with Gasteiger partial charge in [0.15, 0.2) is 0 Å². The zero-order valence-corrected chi connectivity index (χ0v) is 11.4. The third kappa shape index (κ3) is 3.81. The third-order valence-corrected chi connectivity index (χ3v) is 3.08. The average Bonchev–Trinajstić information content (AvgIpc) is 2.26. The highest BCUT2D eigenvalue weighted by molar-refractivity contribution is 5.93. The molecule has 1 atom stereocenters. The van der Waals surface area contributed by atoms with Crippen LogP contribution in [0.3, 0.4) is 0 Å². The minimum absolute atomic E-state index is 0.108. The fourth-order valence-corrected chi connectivity index (χ4v) is 1.46. The molecule has 0 bridgehead atoms. The average molecular weight is 252 g/mol. The van der Waals surface area contributed by atoms with Gasteiger partial charge in [-0.1, -0.05) is 26.8 Å². The molecule has 1 aromatic rings. The van der Waals surface area contributed by atoms with E-state index in [1.807, 2.05) is 20.8 Å². The molecule has 0 aliphatic heterocycles. The molecule has 0 saturated heterocycles. The van der Waals surface area contributed by atoms with Crippen LogP contribution in [-0.4, -0.2) is 19.0 Å². The van der Waals surface area contributed by atoms with E-state index < -0.39 is 0 Å². The van der Waals surface area contributed by atoms with Gasteiger partial charge in [0, 0.05) is 25.2 Å². The van der Waals surface area contributed by atoms with E-state index in [1.165, 1.54) is 17.0 Å². The van der Waals surface area contributed by atoms with Gasteiger partial charge in [-0.3, -0.25) is 4.79 Å². The summed E-state index contributed by atoms with van der Waals surface area (Å²) in [4.78, 5) is 13.5. The fraction of sp³-hybridized carbons (Fsp3) is 0.500. The predicted molar refractivity (Wildman–Crippen MR) is 71.9 cm³/mol. The lowest BCUT2D eigenvalue weighted by molar-refractivity contribution is -0.119. The van der Waals surface area contributed by atoms with Crippen molar-refractivity contribution in [1.82, 2.24) is 0 Å². The number of hydrogen-bond acceptors (Lipinski definition) is 2. The molecule has 2 N–H and O–H groups in total. The Morgan fingerprint density at radius 2 is 2.06 bits per heavy atom. The monoisotopic (exact) mass is 252 g/mol. The van der Waals surface area contributed by atoms with Crippen molar-refractivity contribution in [3.8, 4) is 0 Å². The van der Waals surface area contributed by atoms with E-state index in [2.05, 4.69) is 0 Å². The minimum atomic E-state index is -0.354. The first-order valence-corrected chi connectivity index (χ1v) is 5.99. The Balaban J connectivity index is 2.73. The van der Waals surface area contributed by atoms with Crippen LogP contribution in [0.5, 0.6) is 0 Å². The van der Waals surface area contributed by atoms with Crippen molar-refractivity contribution in [2.24, 2.45) is 11.1 Å². The van der Waals surface area contributed by atoms with Crippen molar-refractivity contribution in [2.75, 3.05) is 11.9 Å². The van der Waals surface area contributed by atoms with Gasteiger partial charge in [-0.05, 0) is 23.6 Å².